The van der Waals surface area contributed by atoms with Crippen LogP contribution in [0.5, 0.6) is 0 Å². The number of benzene rings is 3. The van der Waals surface area contributed by atoms with Crippen molar-refractivity contribution in [3.05, 3.63) is 106 Å². The minimum atomic E-state index is -0.347. The molecule has 5 heterocycles. The fourth-order valence-corrected chi connectivity index (χ4v) is 8.58. The molecular formula is C47H58N12O4. The molecule has 3 aromatic carbocycles. The van der Waals surface area contributed by atoms with Crippen molar-refractivity contribution < 1.29 is 19.2 Å². The number of Topliss-reactive ketones (excluding diaryl/α,β-unsaturated/α-hetero) is 1. The summed E-state index contributed by atoms with van der Waals surface area (Å²) in [5, 5.41) is 17.1. The number of aryl methyl sites for hydroxylation is 1. The van der Waals surface area contributed by atoms with E-state index in [0.29, 0.717) is 50.0 Å². The molecule has 5 N–H and O–H groups in total. The van der Waals surface area contributed by atoms with Gasteiger partial charge in [-0.15, -0.1) is 5.10 Å². The van der Waals surface area contributed by atoms with Crippen molar-refractivity contribution >= 4 is 46.3 Å². The van der Waals surface area contributed by atoms with E-state index in [0.717, 1.165) is 110 Å². The number of ketones is 1. The highest BCUT2D eigenvalue weighted by Gasteiger charge is 2.22. The van der Waals surface area contributed by atoms with Crippen LogP contribution in [0.15, 0.2) is 76.8 Å². The average molecular weight is 855 g/mol. The van der Waals surface area contributed by atoms with Crippen LogP contribution in [-0.4, -0.2) is 150 Å². The maximum absolute atomic E-state index is 13.2. The first-order valence-electron chi connectivity index (χ1n) is 22.4. The van der Waals surface area contributed by atoms with Gasteiger partial charge in [-0.05, 0) is 84.6 Å². The van der Waals surface area contributed by atoms with Crippen molar-refractivity contribution in [2.24, 2.45) is 15.7 Å². The maximum Gasteiger partial charge on any atom is 0.251 e. The third-order valence-corrected chi connectivity index (χ3v) is 12.4. The lowest BCUT2D eigenvalue weighted by Gasteiger charge is -2.34. The number of piperazine rings is 1. The van der Waals surface area contributed by atoms with E-state index >= 15 is 0 Å². The first-order chi connectivity index (χ1) is 30.8. The van der Waals surface area contributed by atoms with Gasteiger partial charge >= 0.3 is 0 Å². The molecule has 16 heteroatoms. The van der Waals surface area contributed by atoms with Gasteiger partial charge in [-0.1, -0.05) is 35.9 Å². The number of hydrogen-bond donors (Lipinski definition) is 4. The highest BCUT2D eigenvalue weighted by molar-refractivity contribution is 6.10. The summed E-state index contributed by atoms with van der Waals surface area (Å²) in [4.78, 5) is 66.4. The summed E-state index contributed by atoms with van der Waals surface area (Å²) in [6, 6.07) is 19.9. The quantitative estimate of drug-likeness (QED) is 0.109. The molecule has 4 aromatic rings. The van der Waals surface area contributed by atoms with E-state index in [2.05, 4.69) is 65.2 Å². The van der Waals surface area contributed by atoms with Crippen LogP contribution in [0.25, 0.3) is 0 Å². The van der Waals surface area contributed by atoms with Crippen LogP contribution in [0.2, 0.25) is 0 Å². The minimum Gasteiger partial charge on any atom is -0.351 e. The Balaban J connectivity index is 0.725. The molecule has 8 rings (SSSR count). The second kappa shape index (κ2) is 21.0. The van der Waals surface area contributed by atoms with Crippen molar-refractivity contribution in [2.45, 2.75) is 51.5 Å². The molecule has 16 nitrogen and oxygen atoms in total. The molecule has 0 unspecified atom stereocenters. The predicted molar refractivity (Wildman–Crippen MR) is 242 cm³/mol. The summed E-state index contributed by atoms with van der Waals surface area (Å²) in [5.41, 5.74) is 15.3. The fourth-order valence-electron chi connectivity index (χ4n) is 8.58. The third kappa shape index (κ3) is 11.8. The summed E-state index contributed by atoms with van der Waals surface area (Å²) < 4.78 is 1.81. The molecule has 63 heavy (non-hydrogen) atoms. The second-order valence-electron chi connectivity index (χ2n) is 16.8. The summed E-state index contributed by atoms with van der Waals surface area (Å²) >= 11 is 0. The largest absolute Gasteiger partial charge is 0.351 e. The smallest absolute Gasteiger partial charge is 0.251 e. The number of carbonyl (C=O) groups excluding carboxylic acids is 4. The third-order valence-electron chi connectivity index (χ3n) is 12.4. The number of nitrogens with one attached hydrogen (secondary N) is 3. The van der Waals surface area contributed by atoms with Crippen LogP contribution in [-0.2, 0) is 35.4 Å². The van der Waals surface area contributed by atoms with Crippen LogP contribution in [0.3, 0.4) is 0 Å². The molecule has 1 aromatic heterocycles. The molecule has 2 fully saturated rings. The van der Waals surface area contributed by atoms with E-state index in [9.17, 15) is 19.2 Å². The van der Waals surface area contributed by atoms with E-state index in [1.165, 1.54) is 19.3 Å². The van der Waals surface area contributed by atoms with Crippen molar-refractivity contribution in [3.63, 3.8) is 0 Å². The number of rotatable bonds is 19. The Kier molecular flexibility index (Phi) is 14.5. The van der Waals surface area contributed by atoms with Gasteiger partial charge in [0.2, 0.25) is 5.91 Å². The molecule has 4 aliphatic heterocycles. The Morgan fingerprint density at radius 3 is 1.71 bits per heavy atom. The summed E-state index contributed by atoms with van der Waals surface area (Å²) in [6.07, 6.45) is 7.77. The molecule has 0 spiro atoms. The molecule has 0 saturated carbocycles. The van der Waals surface area contributed by atoms with Gasteiger partial charge in [0, 0.05) is 102 Å². The standard InChI is InChI=1S/C47H58N12O4/c48-30-45(61)51-31-40(60)11-10-39-32-59(55-54-39)25-24-58-22-20-57(21-23-58)19-15-50-47(63)36-9-13-42-38(27-36)29-44(53-42)34-6-4-33(5-7-34)43-28-37-26-35(8-12-41(37)52-43)46(62)49-14-18-56-16-2-1-3-17-56/h4-9,12-13,26-27,32H,1-3,10-11,14-25,28-31,48H2,(H,49,62)(H,50,63)(H,51,61). The Labute approximate surface area is 368 Å². The number of nitrogens with zero attached hydrogens (tertiary/aromatic N) is 8. The van der Waals surface area contributed by atoms with Gasteiger partial charge in [0.05, 0.1) is 48.1 Å². The molecule has 0 radical (unpaired) electrons. The Bertz CT molecular complexity index is 2340. The van der Waals surface area contributed by atoms with Crippen molar-refractivity contribution in [3.8, 4) is 0 Å². The van der Waals surface area contributed by atoms with Crippen LogP contribution >= 0.6 is 0 Å². The maximum atomic E-state index is 13.2. The zero-order chi connectivity index (χ0) is 43.5. The van der Waals surface area contributed by atoms with Gasteiger partial charge in [-0.3, -0.25) is 43.6 Å². The van der Waals surface area contributed by atoms with Gasteiger partial charge in [-0.25, -0.2) is 0 Å². The molecule has 2 saturated heterocycles. The van der Waals surface area contributed by atoms with Gasteiger partial charge in [0.1, 0.15) is 0 Å². The zero-order valence-electron chi connectivity index (χ0n) is 36.0. The van der Waals surface area contributed by atoms with Crippen molar-refractivity contribution in [1.82, 2.24) is 45.6 Å². The first-order valence-corrected chi connectivity index (χ1v) is 22.4. The number of nitrogens with two attached hydrogens (primary N) is 1. The lowest BCUT2D eigenvalue weighted by atomic mass is 9.98. The number of aliphatic imine (C=N–C) groups is 2. The summed E-state index contributed by atoms with van der Waals surface area (Å²) in [7, 11) is 0. The summed E-state index contributed by atoms with van der Waals surface area (Å²) in [5.74, 6) is -0.534. The molecule has 0 bridgehead atoms. The van der Waals surface area contributed by atoms with Crippen LogP contribution in [0.1, 0.15) is 74.3 Å². The normalized spacial score (nSPS) is 16.5. The SMILES string of the molecule is NCC(=O)NCC(=O)CCc1cn(CCN2CCN(CCNC(=O)c3ccc4c(c3)CC(c3ccc(C5=Nc6ccc(C(=O)NCCN7CCCCC7)cc6C5)cc3)=N4)CC2)nn1. The van der Waals surface area contributed by atoms with Gasteiger partial charge < -0.3 is 26.6 Å². The number of carbonyl (C=O) groups is 4. The molecule has 4 aliphatic rings. The van der Waals surface area contributed by atoms with Gasteiger partial charge in [-0.2, -0.15) is 0 Å². The Morgan fingerprint density at radius 1 is 0.619 bits per heavy atom. The number of amides is 3. The Hall–Kier alpha value is -5.94. The van der Waals surface area contributed by atoms with Crippen molar-refractivity contribution in [1.29, 1.82) is 0 Å². The van der Waals surface area contributed by atoms with Crippen molar-refractivity contribution in [2.75, 3.05) is 85.1 Å². The Morgan fingerprint density at radius 2 is 1.16 bits per heavy atom. The number of likely N-dealkylation sites (tertiary alicyclic amines) is 1. The van der Waals surface area contributed by atoms with Crippen LogP contribution in [0.4, 0.5) is 11.4 Å². The molecule has 0 aliphatic carbocycles. The van der Waals surface area contributed by atoms with Gasteiger partial charge in [0.15, 0.2) is 5.78 Å². The van der Waals surface area contributed by atoms with E-state index in [-0.39, 0.29) is 43.0 Å². The number of piperidine rings is 1. The highest BCUT2D eigenvalue weighted by Crippen LogP contribution is 2.32. The number of fused-ring (bicyclic) bond motifs is 2. The zero-order valence-corrected chi connectivity index (χ0v) is 36.0. The fraction of sp³-hybridized carbons (Fsp3) is 0.447. The summed E-state index contributed by atoms with van der Waals surface area (Å²) in [6.45, 7) is 10.2. The topological polar surface area (TPSA) is 196 Å². The van der Waals surface area contributed by atoms with E-state index in [1.807, 2.05) is 47.3 Å². The monoisotopic (exact) mass is 854 g/mol. The average Bonchev–Trinajstić information content (AvgIpc) is 4.08. The molecular weight excluding hydrogens is 797 g/mol. The lowest BCUT2D eigenvalue weighted by Crippen LogP contribution is -2.49. The molecule has 3 amide bonds. The van der Waals surface area contributed by atoms with E-state index in [4.69, 9.17) is 15.7 Å². The lowest BCUT2D eigenvalue weighted by molar-refractivity contribution is -0.124. The second-order valence-corrected chi connectivity index (χ2v) is 16.8. The van der Waals surface area contributed by atoms with E-state index < -0.39 is 0 Å². The van der Waals surface area contributed by atoms with Crippen LogP contribution < -0.4 is 21.7 Å². The first kappa shape index (κ1) is 43.7. The predicted octanol–water partition coefficient (Wildman–Crippen LogP) is 2.47. The minimum absolute atomic E-state index is 0.0210. The number of aromatic nitrogens is 3. The molecule has 0 atom stereocenters. The number of hydrogen-bond acceptors (Lipinski definition) is 12. The van der Waals surface area contributed by atoms with E-state index in [1.54, 1.807) is 0 Å². The molecule has 330 valence electrons. The van der Waals surface area contributed by atoms with Gasteiger partial charge in [0.25, 0.3) is 11.8 Å². The highest BCUT2D eigenvalue weighted by atomic mass is 16.2. The van der Waals surface area contributed by atoms with Crippen LogP contribution in [0, 0.1) is 0 Å².